The van der Waals surface area contributed by atoms with Gasteiger partial charge in [0.15, 0.2) is 0 Å². The third-order valence-corrected chi connectivity index (χ3v) is 10.7. The maximum atomic E-state index is 14.3. The molecule has 0 spiro atoms. The van der Waals surface area contributed by atoms with E-state index in [1.807, 2.05) is 22.6 Å². The Bertz CT molecular complexity index is 2940. The van der Waals surface area contributed by atoms with Gasteiger partial charge in [-0.25, -0.2) is 0 Å². The molecule has 0 aliphatic rings. The summed E-state index contributed by atoms with van der Waals surface area (Å²) in [6, 6.07) is 54.0. The summed E-state index contributed by atoms with van der Waals surface area (Å²) in [6.45, 7) is 4.50. The van der Waals surface area contributed by atoms with E-state index in [4.69, 9.17) is 0 Å². The lowest BCUT2D eigenvalue weighted by atomic mass is 9.85. The number of nitrogens with zero attached hydrogens (tertiary/aromatic N) is 2. The van der Waals surface area contributed by atoms with E-state index in [0.717, 1.165) is 43.7 Å². The van der Waals surface area contributed by atoms with Crippen LogP contribution in [0.4, 0.5) is 0 Å². The Balaban J connectivity index is 1.29. The third-order valence-electron chi connectivity index (χ3n) is 10.7. The van der Waals surface area contributed by atoms with Crippen molar-refractivity contribution >= 4 is 59.8 Å². The first kappa shape index (κ1) is 27.9. The topological polar surface area (TPSA) is 26.4 Å². The van der Waals surface area contributed by atoms with Crippen molar-refractivity contribution in [1.82, 2.24) is 8.97 Å². The summed E-state index contributed by atoms with van der Waals surface area (Å²) in [7, 11) is 0. The summed E-state index contributed by atoms with van der Waals surface area (Å²) in [5.41, 5.74) is 11.7. The normalized spacial score (nSPS) is 12.7. The minimum atomic E-state index is 0.0263. The first-order chi connectivity index (χ1) is 24.1. The highest BCUT2D eigenvalue weighted by molar-refractivity contribution is 6.21. The molecule has 3 heterocycles. The molecular weight excluding hydrogens is 597 g/mol. The zero-order valence-electron chi connectivity index (χ0n) is 27.3. The van der Waals surface area contributed by atoms with E-state index >= 15 is 0 Å². The van der Waals surface area contributed by atoms with Gasteiger partial charge in [-0.3, -0.25) is 9.20 Å². The van der Waals surface area contributed by atoms with Gasteiger partial charge in [0.25, 0.3) is 5.56 Å². The minimum Gasteiger partial charge on any atom is -0.309 e. The Morgan fingerprint density at radius 1 is 0.490 bits per heavy atom. The molecule has 10 rings (SSSR count). The van der Waals surface area contributed by atoms with Crippen LogP contribution in [0.2, 0.25) is 0 Å². The Morgan fingerprint density at radius 3 is 1.78 bits per heavy atom. The number of aryl methyl sites for hydroxylation is 1. The van der Waals surface area contributed by atoms with Crippen LogP contribution < -0.4 is 5.56 Å². The van der Waals surface area contributed by atoms with Gasteiger partial charge < -0.3 is 4.57 Å². The number of aromatic nitrogens is 2. The number of benzene rings is 7. The van der Waals surface area contributed by atoms with E-state index in [1.165, 1.54) is 49.6 Å². The number of hydrogen-bond acceptors (Lipinski definition) is 1. The second kappa shape index (κ2) is 10.4. The molecule has 0 aliphatic heterocycles. The predicted octanol–water partition coefficient (Wildman–Crippen LogP) is 11.4. The molecule has 0 bridgehead atoms. The van der Waals surface area contributed by atoms with Crippen LogP contribution >= 0.6 is 0 Å². The smallest absolute Gasteiger partial charge is 0.263 e. The molecule has 10 aromatic rings. The molecule has 232 valence electrons. The molecule has 3 aromatic heterocycles. The number of fused-ring (bicyclic) bond motifs is 8. The van der Waals surface area contributed by atoms with Gasteiger partial charge in [-0.05, 0) is 88.7 Å². The minimum absolute atomic E-state index is 0.0263. The molecule has 3 nitrogen and oxygen atoms in total. The number of rotatable bonds is 4. The molecular formula is C46H32N2O. The van der Waals surface area contributed by atoms with Crippen LogP contribution in [0.1, 0.15) is 29.5 Å². The van der Waals surface area contributed by atoms with Crippen molar-refractivity contribution in [2.75, 3.05) is 0 Å². The van der Waals surface area contributed by atoms with E-state index in [1.54, 1.807) is 0 Å². The first-order valence-electron chi connectivity index (χ1n) is 17.0. The van der Waals surface area contributed by atoms with Crippen LogP contribution in [0.3, 0.4) is 0 Å². The number of pyridine rings is 1. The van der Waals surface area contributed by atoms with Gasteiger partial charge in [0, 0.05) is 43.9 Å². The van der Waals surface area contributed by atoms with E-state index in [-0.39, 0.29) is 11.5 Å². The van der Waals surface area contributed by atoms with E-state index in [9.17, 15) is 4.79 Å². The number of hydrogen-bond donors (Lipinski definition) is 0. The van der Waals surface area contributed by atoms with Crippen molar-refractivity contribution in [3.05, 3.63) is 179 Å². The summed E-state index contributed by atoms with van der Waals surface area (Å²) in [5.74, 6) is 0.111. The average molecular weight is 629 g/mol. The molecule has 49 heavy (non-hydrogen) atoms. The second-order valence-corrected chi connectivity index (χ2v) is 13.3. The van der Waals surface area contributed by atoms with Gasteiger partial charge in [0.2, 0.25) is 0 Å². The second-order valence-electron chi connectivity index (χ2n) is 13.3. The van der Waals surface area contributed by atoms with E-state index in [0.29, 0.717) is 0 Å². The summed E-state index contributed by atoms with van der Waals surface area (Å²) < 4.78 is 4.31. The third kappa shape index (κ3) is 3.93. The highest BCUT2D eigenvalue weighted by Gasteiger charge is 2.22. The van der Waals surface area contributed by atoms with Crippen LogP contribution in [-0.4, -0.2) is 8.97 Å². The molecule has 0 saturated carbocycles. The van der Waals surface area contributed by atoms with Gasteiger partial charge in [0.05, 0.1) is 22.1 Å². The first-order valence-corrected chi connectivity index (χ1v) is 17.0. The van der Waals surface area contributed by atoms with Crippen molar-refractivity contribution in [2.24, 2.45) is 0 Å². The van der Waals surface area contributed by atoms with Gasteiger partial charge in [-0.1, -0.05) is 110 Å². The fraction of sp³-hybridized carbons (Fsp3) is 0.0652. The zero-order chi connectivity index (χ0) is 32.8. The van der Waals surface area contributed by atoms with Gasteiger partial charge in [-0.15, -0.1) is 0 Å². The predicted molar refractivity (Wildman–Crippen MR) is 206 cm³/mol. The van der Waals surface area contributed by atoms with Crippen LogP contribution in [0.25, 0.3) is 76.6 Å². The van der Waals surface area contributed by atoms with Crippen LogP contribution in [0.5, 0.6) is 0 Å². The van der Waals surface area contributed by atoms with Crippen molar-refractivity contribution in [3.8, 4) is 16.8 Å². The SMILES string of the molecule is Cc1ccccc1-c1ccccc1C(C)c1cc2c3ccccc3c(=O)n3c4ccc(-n5c6ccccc6c6ccccc65)cc4c(c1)c23. The molecule has 1 unspecified atom stereocenters. The summed E-state index contributed by atoms with van der Waals surface area (Å²) >= 11 is 0. The fourth-order valence-electron chi connectivity index (χ4n) is 8.36. The van der Waals surface area contributed by atoms with Gasteiger partial charge in [0.1, 0.15) is 0 Å². The molecule has 3 heteroatoms. The highest BCUT2D eigenvalue weighted by atomic mass is 16.1. The Kier molecular flexibility index (Phi) is 5.92. The van der Waals surface area contributed by atoms with Crippen LogP contribution in [-0.2, 0) is 0 Å². The van der Waals surface area contributed by atoms with Gasteiger partial charge >= 0.3 is 0 Å². The molecule has 0 radical (unpaired) electrons. The fourth-order valence-corrected chi connectivity index (χ4v) is 8.36. The maximum Gasteiger partial charge on any atom is 0.263 e. The molecule has 0 aliphatic carbocycles. The summed E-state index contributed by atoms with van der Waals surface area (Å²) in [6.07, 6.45) is 0. The van der Waals surface area contributed by atoms with E-state index < -0.39 is 0 Å². The quantitative estimate of drug-likeness (QED) is 0.178. The largest absolute Gasteiger partial charge is 0.309 e. The highest BCUT2D eigenvalue weighted by Crippen LogP contribution is 2.41. The molecule has 0 fully saturated rings. The standard InChI is InChI=1S/C46H32N2O/c1-28-13-3-4-14-32(28)34-16-6-5-15-33(34)29(2)30-25-40-35-17-7-8-20-38(35)46(49)48-44-24-23-31(27-39(44)41(26-30)45(40)48)47-42-21-11-9-18-36(42)37-19-10-12-22-43(37)47/h3-27,29H,1-2H3. The lowest BCUT2D eigenvalue weighted by Gasteiger charge is -2.19. The molecule has 1 atom stereocenters. The van der Waals surface area contributed by atoms with Gasteiger partial charge in [-0.2, -0.15) is 0 Å². The van der Waals surface area contributed by atoms with Crippen LogP contribution in [0, 0.1) is 6.92 Å². The maximum absolute atomic E-state index is 14.3. The lowest BCUT2D eigenvalue weighted by molar-refractivity contribution is 0.928. The Morgan fingerprint density at radius 2 is 1.06 bits per heavy atom. The van der Waals surface area contributed by atoms with Crippen LogP contribution in [0.15, 0.2) is 156 Å². The van der Waals surface area contributed by atoms with Crippen molar-refractivity contribution in [1.29, 1.82) is 0 Å². The molecule has 0 amide bonds. The Hall–Kier alpha value is -6.19. The monoisotopic (exact) mass is 628 g/mol. The average Bonchev–Trinajstić information content (AvgIpc) is 3.67. The summed E-state index contributed by atoms with van der Waals surface area (Å²) in [5, 5.41) is 7.50. The lowest BCUT2D eigenvalue weighted by Crippen LogP contribution is -2.13. The molecule has 0 N–H and O–H groups in total. The summed E-state index contributed by atoms with van der Waals surface area (Å²) in [4.78, 5) is 14.3. The zero-order valence-corrected chi connectivity index (χ0v) is 27.3. The van der Waals surface area contributed by atoms with E-state index in [2.05, 4.69) is 152 Å². The molecule has 7 aromatic carbocycles. The van der Waals surface area contributed by atoms with Crippen molar-refractivity contribution in [3.63, 3.8) is 0 Å². The van der Waals surface area contributed by atoms with Crippen molar-refractivity contribution < 1.29 is 0 Å². The number of para-hydroxylation sites is 2. The Labute approximate surface area is 283 Å². The molecule has 0 saturated heterocycles. The van der Waals surface area contributed by atoms with Crippen molar-refractivity contribution in [2.45, 2.75) is 19.8 Å².